The molecule has 0 aromatic heterocycles. The van der Waals surface area contributed by atoms with E-state index in [0.717, 1.165) is 63.4 Å². The van der Waals surface area contributed by atoms with Crippen LogP contribution in [0.15, 0.2) is 12.7 Å². The fourth-order valence-electron chi connectivity index (χ4n) is 8.95. The van der Waals surface area contributed by atoms with Gasteiger partial charge in [0.1, 0.15) is 0 Å². The molecular formula is C24H36O4. The molecule has 4 heteroatoms. The summed E-state index contributed by atoms with van der Waals surface area (Å²) in [4.78, 5) is 0. The van der Waals surface area contributed by atoms with Gasteiger partial charge in [0.15, 0.2) is 11.6 Å². The number of fused-ring (bicyclic) bond motifs is 6. The van der Waals surface area contributed by atoms with Crippen LogP contribution in [0.3, 0.4) is 0 Å². The number of hydrogen-bond acceptors (Lipinski definition) is 4. The molecule has 0 bridgehead atoms. The maximum Gasteiger partial charge on any atom is 0.174 e. The molecule has 4 saturated carbocycles. The standard InChI is InChI=1S/C24H36O4/c1-3-22-10-11-23(25-12-13-26-23)16-17(22)4-5-18-19-7-9-24(27-14-15-28-24)21(19,2)8-6-20(18)22/h3,17-20H,1,4-16H2,2H3/t17-,18?,19?,20?,21-,22-/m0/s1. The average molecular weight is 389 g/mol. The van der Waals surface area contributed by atoms with Gasteiger partial charge in [0.25, 0.3) is 0 Å². The van der Waals surface area contributed by atoms with E-state index in [1.165, 1.54) is 38.5 Å². The van der Waals surface area contributed by atoms with E-state index < -0.39 is 0 Å². The van der Waals surface area contributed by atoms with Gasteiger partial charge in [-0.25, -0.2) is 0 Å². The van der Waals surface area contributed by atoms with E-state index in [-0.39, 0.29) is 22.4 Å². The van der Waals surface area contributed by atoms with Crippen LogP contribution in [0.4, 0.5) is 0 Å². The van der Waals surface area contributed by atoms with Gasteiger partial charge in [-0.15, -0.1) is 6.58 Å². The van der Waals surface area contributed by atoms with E-state index in [4.69, 9.17) is 18.9 Å². The minimum absolute atomic E-state index is 0.188. The van der Waals surface area contributed by atoms with Crippen LogP contribution in [0.1, 0.15) is 64.7 Å². The normalized spacial score (nSPS) is 51.0. The van der Waals surface area contributed by atoms with E-state index in [1.54, 1.807) is 0 Å². The molecule has 0 N–H and O–H groups in total. The molecular weight excluding hydrogens is 352 g/mol. The largest absolute Gasteiger partial charge is 0.348 e. The van der Waals surface area contributed by atoms with E-state index in [9.17, 15) is 0 Å². The average Bonchev–Trinajstić information content (AvgIpc) is 3.43. The fraction of sp³-hybridized carbons (Fsp3) is 0.917. The number of hydrogen-bond donors (Lipinski definition) is 0. The molecule has 156 valence electrons. The summed E-state index contributed by atoms with van der Waals surface area (Å²) in [5.41, 5.74) is 0.464. The Morgan fingerprint density at radius 2 is 1.50 bits per heavy atom. The van der Waals surface area contributed by atoms with Gasteiger partial charge in [-0.1, -0.05) is 13.0 Å². The van der Waals surface area contributed by atoms with Crippen molar-refractivity contribution in [3.05, 3.63) is 12.7 Å². The lowest BCUT2D eigenvalue weighted by molar-refractivity contribution is -0.254. The van der Waals surface area contributed by atoms with Crippen molar-refractivity contribution in [3.8, 4) is 0 Å². The smallest absolute Gasteiger partial charge is 0.174 e. The minimum atomic E-state index is -0.289. The van der Waals surface area contributed by atoms with Crippen molar-refractivity contribution in [1.29, 1.82) is 0 Å². The van der Waals surface area contributed by atoms with E-state index >= 15 is 0 Å². The number of rotatable bonds is 1. The molecule has 4 aliphatic carbocycles. The molecule has 2 saturated heterocycles. The maximum atomic E-state index is 6.30. The van der Waals surface area contributed by atoms with E-state index in [0.29, 0.717) is 5.92 Å². The molecule has 0 radical (unpaired) electrons. The van der Waals surface area contributed by atoms with Crippen LogP contribution >= 0.6 is 0 Å². The third kappa shape index (κ3) is 2.16. The third-order valence-electron chi connectivity index (χ3n) is 10.2. The Hall–Kier alpha value is -0.420. The molecule has 2 spiro atoms. The Kier molecular flexibility index (Phi) is 3.97. The van der Waals surface area contributed by atoms with Gasteiger partial charge in [-0.2, -0.15) is 0 Å². The van der Waals surface area contributed by atoms with Crippen molar-refractivity contribution in [2.24, 2.45) is 34.5 Å². The molecule has 6 atom stereocenters. The first kappa shape index (κ1) is 18.4. The van der Waals surface area contributed by atoms with Crippen LogP contribution in [-0.4, -0.2) is 38.0 Å². The molecule has 3 unspecified atom stereocenters. The highest BCUT2D eigenvalue weighted by Gasteiger charge is 2.68. The lowest BCUT2D eigenvalue weighted by Gasteiger charge is -2.62. The third-order valence-corrected chi connectivity index (χ3v) is 10.2. The summed E-state index contributed by atoms with van der Waals surface area (Å²) in [5, 5.41) is 0. The number of allylic oxidation sites excluding steroid dienone is 1. The van der Waals surface area contributed by atoms with Crippen LogP contribution in [-0.2, 0) is 18.9 Å². The molecule has 2 heterocycles. The predicted molar refractivity (Wildman–Crippen MR) is 106 cm³/mol. The lowest BCUT2D eigenvalue weighted by Crippen LogP contribution is -2.58. The summed E-state index contributed by atoms with van der Waals surface area (Å²) in [6.45, 7) is 9.97. The van der Waals surface area contributed by atoms with Crippen molar-refractivity contribution in [1.82, 2.24) is 0 Å². The van der Waals surface area contributed by atoms with Crippen molar-refractivity contribution in [2.75, 3.05) is 26.4 Å². The van der Waals surface area contributed by atoms with E-state index in [2.05, 4.69) is 19.6 Å². The van der Waals surface area contributed by atoms with E-state index in [1.807, 2.05) is 0 Å². The van der Waals surface area contributed by atoms with Crippen molar-refractivity contribution < 1.29 is 18.9 Å². The fourth-order valence-corrected chi connectivity index (χ4v) is 8.95. The molecule has 6 rings (SSSR count). The summed E-state index contributed by atoms with van der Waals surface area (Å²) in [6, 6.07) is 0. The van der Waals surface area contributed by atoms with Crippen LogP contribution in [0.2, 0.25) is 0 Å². The van der Waals surface area contributed by atoms with Gasteiger partial charge in [0.2, 0.25) is 0 Å². The highest BCUT2D eigenvalue weighted by molar-refractivity contribution is 5.17. The molecule has 2 aliphatic heterocycles. The summed E-state index contributed by atoms with van der Waals surface area (Å²) in [7, 11) is 0. The Balaban J connectivity index is 1.30. The second-order valence-corrected chi connectivity index (χ2v) is 10.7. The zero-order valence-electron chi connectivity index (χ0n) is 17.4. The van der Waals surface area contributed by atoms with Crippen molar-refractivity contribution in [2.45, 2.75) is 76.3 Å². The Morgan fingerprint density at radius 1 is 0.786 bits per heavy atom. The Morgan fingerprint density at radius 3 is 2.25 bits per heavy atom. The van der Waals surface area contributed by atoms with Gasteiger partial charge in [0, 0.05) is 24.7 Å². The molecule has 28 heavy (non-hydrogen) atoms. The topological polar surface area (TPSA) is 36.9 Å². The first-order valence-corrected chi connectivity index (χ1v) is 11.8. The van der Waals surface area contributed by atoms with Gasteiger partial charge in [-0.05, 0) is 67.6 Å². The summed E-state index contributed by atoms with van der Waals surface area (Å²) in [5.74, 6) is 2.38. The van der Waals surface area contributed by atoms with Gasteiger partial charge in [0.05, 0.1) is 26.4 Å². The Bertz CT molecular complexity index is 649. The molecule has 6 aliphatic rings. The van der Waals surface area contributed by atoms with Gasteiger partial charge < -0.3 is 18.9 Å². The van der Waals surface area contributed by atoms with Crippen LogP contribution < -0.4 is 0 Å². The van der Waals surface area contributed by atoms with Crippen LogP contribution in [0.5, 0.6) is 0 Å². The lowest BCUT2D eigenvalue weighted by atomic mass is 9.44. The Labute approximate surface area is 169 Å². The second-order valence-electron chi connectivity index (χ2n) is 10.7. The SMILES string of the molecule is C=C[C@]12CCC3(C[C@@H]1CCC1C4CCC5(OCCO5)[C@@]4(C)CCC12)OCCO3. The van der Waals surface area contributed by atoms with Gasteiger partial charge in [-0.3, -0.25) is 0 Å². The maximum absolute atomic E-state index is 6.30. The van der Waals surface area contributed by atoms with Crippen LogP contribution in [0, 0.1) is 34.5 Å². The predicted octanol–water partition coefficient (Wildman–Crippen LogP) is 4.68. The number of ether oxygens (including phenoxy) is 4. The first-order valence-electron chi connectivity index (χ1n) is 11.8. The van der Waals surface area contributed by atoms with Gasteiger partial charge >= 0.3 is 0 Å². The molecule has 0 amide bonds. The first-order chi connectivity index (χ1) is 13.6. The van der Waals surface area contributed by atoms with Crippen LogP contribution in [0.25, 0.3) is 0 Å². The highest BCUT2D eigenvalue weighted by Crippen LogP contribution is 2.70. The monoisotopic (exact) mass is 388 g/mol. The second kappa shape index (κ2) is 6.06. The minimum Gasteiger partial charge on any atom is -0.348 e. The van der Waals surface area contributed by atoms with Crippen molar-refractivity contribution in [3.63, 3.8) is 0 Å². The molecule has 4 nitrogen and oxygen atoms in total. The summed E-state index contributed by atoms with van der Waals surface area (Å²) in [6.07, 6.45) is 13.2. The quantitative estimate of drug-likeness (QED) is 0.611. The zero-order valence-corrected chi connectivity index (χ0v) is 17.4. The summed E-state index contributed by atoms with van der Waals surface area (Å²) < 4.78 is 24.8. The molecule has 0 aromatic rings. The van der Waals surface area contributed by atoms with Crippen molar-refractivity contribution >= 4 is 0 Å². The zero-order chi connectivity index (χ0) is 19.0. The summed E-state index contributed by atoms with van der Waals surface area (Å²) >= 11 is 0. The molecule has 0 aromatic carbocycles. The highest BCUT2D eigenvalue weighted by atomic mass is 16.7. The molecule has 6 fully saturated rings.